The molecule has 1 saturated heterocycles. The van der Waals surface area contributed by atoms with Crippen LogP contribution in [0.3, 0.4) is 0 Å². The highest BCUT2D eigenvalue weighted by Gasteiger charge is 2.29. The van der Waals surface area contributed by atoms with Crippen LogP contribution < -0.4 is 5.32 Å². The fourth-order valence-corrected chi connectivity index (χ4v) is 3.62. The zero-order valence-electron chi connectivity index (χ0n) is 14.1. The molecule has 4 rings (SSSR count). The first kappa shape index (κ1) is 18.7. The molecular formula is C17H20ClF2N5O. The number of halogens is 3. The number of carbonyl (C=O) groups excluding carboxylic acids is 1. The summed E-state index contributed by atoms with van der Waals surface area (Å²) in [6.45, 7) is 3.58. The van der Waals surface area contributed by atoms with Crippen LogP contribution in [0.1, 0.15) is 40.8 Å². The maximum atomic E-state index is 13.3. The fourth-order valence-electron chi connectivity index (χ4n) is 3.62. The number of fused-ring (bicyclic) bond motifs is 1. The number of nitrogens with one attached hydrogen (secondary N) is 1. The Hall–Kier alpha value is -2.06. The molecule has 6 nitrogen and oxygen atoms in total. The van der Waals surface area contributed by atoms with Gasteiger partial charge in [-0.25, -0.2) is 8.78 Å². The zero-order chi connectivity index (χ0) is 17.4. The van der Waals surface area contributed by atoms with Crippen molar-refractivity contribution in [2.75, 3.05) is 19.6 Å². The molecule has 0 bridgehead atoms. The molecule has 2 aliphatic rings. The van der Waals surface area contributed by atoms with Crippen molar-refractivity contribution in [1.82, 2.24) is 25.0 Å². The summed E-state index contributed by atoms with van der Waals surface area (Å²) in [6, 6.07) is 2.94. The van der Waals surface area contributed by atoms with E-state index in [2.05, 4.69) is 20.1 Å². The van der Waals surface area contributed by atoms with Crippen LogP contribution in [-0.2, 0) is 13.1 Å². The molecule has 1 aromatic heterocycles. The Morgan fingerprint density at radius 3 is 2.46 bits per heavy atom. The molecular weight excluding hydrogens is 364 g/mol. The highest BCUT2D eigenvalue weighted by molar-refractivity contribution is 5.94. The smallest absolute Gasteiger partial charge is 0.254 e. The Kier molecular flexibility index (Phi) is 5.52. The normalized spacial score (nSPS) is 17.5. The van der Waals surface area contributed by atoms with Crippen molar-refractivity contribution in [3.8, 4) is 0 Å². The van der Waals surface area contributed by atoms with Crippen molar-refractivity contribution >= 4 is 18.3 Å². The summed E-state index contributed by atoms with van der Waals surface area (Å²) in [5, 5.41) is 11.9. The summed E-state index contributed by atoms with van der Waals surface area (Å²) in [6.07, 6.45) is 1.55. The molecule has 0 unspecified atom stereocenters. The van der Waals surface area contributed by atoms with Gasteiger partial charge in [0, 0.05) is 43.7 Å². The van der Waals surface area contributed by atoms with Crippen molar-refractivity contribution < 1.29 is 13.6 Å². The number of amides is 1. The van der Waals surface area contributed by atoms with Gasteiger partial charge in [0.15, 0.2) is 0 Å². The van der Waals surface area contributed by atoms with Crippen LogP contribution in [0.4, 0.5) is 8.78 Å². The molecule has 3 heterocycles. The molecule has 0 spiro atoms. The summed E-state index contributed by atoms with van der Waals surface area (Å²) in [4.78, 5) is 14.1. The molecule has 9 heteroatoms. The van der Waals surface area contributed by atoms with Crippen molar-refractivity contribution in [3.63, 3.8) is 0 Å². The quantitative estimate of drug-likeness (QED) is 0.862. The Labute approximate surface area is 156 Å². The lowest BCUT2D eigenvalue weighted by atomic mass is 9.95. The number of benzene rings is 1. The molecule has 0 radical (unpaired) electrons. The lowest BCUT2D eigenvalue weighted by Gasteiger charge is -2.32. The zero-order valence-corrected chi connectivity index (χ0v) is 14.9. The van der Waals surface area contributed by atoms with Crippen LogP contribution in [0.2, 0.25) is 0 Å². The summed E-state index contributed by atoms with van der Waals surface area (Å²) in [5.74, 6) is 0.399. The van der Waals surface area contributed by atoms with Crippen molar-refractivity contribution in [1.29, 1.82) is 0 Å². The first-order chi connectivity index (χ1) is 12.1. The molecule has 1 aromatic carbocycles. The first-order valence-electron chi connectivity index (χ1n) is 8.50. The second-order valence-electron chi connectivity index (χ2n) is 6.53. The van der Waals surface area contributed by atoms with E-state index in [4.69, 9.17) is 0 Å². The number of aromatic nitrogens is 3. The highest BCUT2D eigenvalue weighted by Crippen LogP contribution is 2.28. The van der Waals surface area contributed by atoms with E-state index in [0.717, 1.165) is 62.3 Å². The third-order valence-corrected chi connectivity index (χ3v) is 4.91. The minimum Gasteiger partial charge on any atom is -0.339 e. The molecule has 2 aliphatic heterocycles. The van der Waals surface area contributed by atoms with Gasteiger partial charge < -0.3 is 14.8 Å². The predicted octanol–water partition coefficient (Wildman–Crippen LogP) is 2.10. The molecule has 2 aromatic rings. The number of hydrogen-bond donors (Lipinski definition) is 1. The molecule has 1 fully saturated rings. The van der Waals surface area contributed by atoms with E-state index < -0.39 is 11.6 Å². The Bertz CT molecular complexity index is 784. The van der Waals surface area contributed by atoms with Gasteiger partial charge in [-0.1, -0.05) is 0 Å². The fraction of sp³-hybridized carbons (Fsp3) is 0.471. The molecule has 0 saturated carbocycles. The number of piperidine rings is 1. The van der Waals surface area contributed by atoms with Gasteiger partial charge in [-0.2, -0.15) is 0 Å². The first-order valence-corrected chi connectivity index (χ1v) is 8.50. The summed E-state index contributed by atoms with van der Waals surface area (Å²) in [5.41, 5.74) is 0.0573. The Morgan fingerprint density at radius 1 is 1.08 bits per heavy atom. The van der Waals surface area contributed by atoms with E-state index in [-0.39, 0.29) is 29.8 Å². The molecule has 26 heavy (non-hydrogen) atoms. The van der Waals surface area contributed by atoms with Crippen LogP contribution >= 0.6 is 12.4 Å². The summed E-state index contributed by atoms with van der Waals surface area (Å²) < 4.78 is 28.8. The lowest BCUT2D eigenvalue weighted by molar-refractivity contribution is 0.0709. The van der Waals surface area contributed by atoms with Crippen LogP contribution in [0.15, 0.2) is 18.2 Å². The monoisotopic (exact) mass is 383 g/mol. The van der Waals surface area contributed by atoms with Crippen molar-refractivity contribution in [3.05, 3.63) is 47.0 Å². The van der Waals surface area contributed by atoms with Crippen molar-refractivity contribution in [2.45, 2.75) is 31.8 Å². The van der Waals surface area contributed by atoms with Crippen molar-refractivity contribution in [2.24, 2.45) is 0 Å². The molecule has 0 aliphatic carbocycles. The van der Waals surface area contributed by atoms with Crippen LogP contribution in [0.25, 0.3) is 0 Å². The number of nitrogens with zero attached hydrogens (tertiary/aromatic N) is 4. The Balaban J connectivity index is 0.00000196. The molecule has 140 valence electrons. The standard InChI is InChI=1S/C17H19F2N5O.ClH/c18-13-7-12(8-14(19)9-13)17(25)23-4-1-11(2-5-23)16-22-21-15-10-20-3-6-24(15)16;/h7-9,11,20H,1-6,10H2;1H. The van der Waals surface area contributed by atoms with Gasteiger partial charge in [0.05, 0.1) is 6.54 Å². The minimum absolute atomic E-state index is 0. The van der Waals surface area contributed by atoms with E-state index in [9.17, 15) is 13.6 Å². The third kappa shape index (κ3) is 3.57. The van der Waals surface area contributed by atoms with Gasteiger partial charge in [-0.3, -0.25) is 4.79 Å². The summed E-state index contributed by atoms with van der Waals surface area (Å²) >= 11 is 0. The number of likely N-dealkylation sites (tertiary alicyclic amines) is 1. The second-order valence-corrected chi connectivity index (χ2v) is 6.53. The van der Waals surface area contributed by atoms with Gasteiger partial charge in [-0.05, 0) is 25.0 Å². The van der Waals surface area contributed by atoms with Crippen LogP contribution in [-0.4, -0.2) is 45.2 Å². The second kappa shape index (κ2) is 7.67. The minimum atomic E-state index is -0.734. The van der Waals surface area contributed by atoms with Gasteiger partial charge in [-0.15, -0.1) is 22.6 Å². The third-order valence-electron chi connectivity index (χ3n) is 4.91. The van der Waals surface area contributed by atoms with E-state index in [1.165, 1.54) is 0 Å². The van der Waals surface area contributed by atoms with Gasteiger partial charge >= 0.3 is 0 Å². The average molecular weight is 384 g/mol. The van der Waals surface area contributed by atoms with Gasteiger partial charge in [0.2, 0.25) is 0 Å². The van der Waals surface area contributed by atoms with E-state index in [0.29, 0.717) is 13.1 Å². The molecule has 0 atom stereocenters. The van der Waals surface area contributed by atoms with Crippen LogP contribution in [0, 0.1) is 11.6 Å². The number of carbonyl (C=O) groups is 1. The predicted molar refractivity (Wildman–Crippen MR) is 93.2 cm³/mol. The SMILES string of the molecule is Cl.O=C(c1cc(F)cc(F)c1)N1CCC(c2nnc3n2CCNC3)CC1. The van der Waals surface area contributed by atoms with E-state index in [1.54, 1.807) is 4.90 Å². The Morgan fingerprint density at radius 2 is 1.77 bits per heavy atom. The average Bonchev–Trinajstić information content (AvgIpc) is 3.04. The van der Waals surface area contributed by atoms with E-state index in [1.807, 2.05) is 0 Å². The summed E-state index contributed by atoms with van der Waals surface area (Å²) in [7, 11) is 0. The topological polar surface area (TPSA) is 63.1 Å². The number of rotatable bonds is 2. The maximum Gasteiger partial charge on any atom is 0.254 e. The largest absolute Gasteiger partial charge is 0.339 e. The van der Waals surface area contributed by atoms with E-state index >= 15 is 0 Å². The van der Waals surface area contributed by atoms with Gasteiger partial charge in [0.1, 0.15) is 23.3 Å². The van der Waals surface area contributed by atoms with Gasteiger partial charge in [0.25, 0.3) is 5.91 Å². The van der Waals surface area contributed by atoms with Crippen LogP contribution in [0.5, 0.6) is 0 Å². The number of hydrogen-bond acceptors (Lipinski definition) is 4. The highest BCUT2D eigenvalue weighted by atomic mass is 35.5. The lowest BCUT2D eigenvalue weighted by Crippen LogP contribution is -2.39. The molecule has 1 N–H and O–H groups in total. The molecule has 1 amide bonds. The maximum absolute atomic E-state index is 13.3.